The number of rotatable bonds is 4. The van der Waals surface area contributed by atoms with E-state index in [2.05, 4.69) is 11.1 Å². The Morgan fingerprint density at radius 2 is 1.86 bits per heavy atom. The fraction of sp³-hybridized carbons (Fsp3) is 0.143. The second-order valence-electron chi connectivity index (χ2n) is 8.62. The fourth-order valence-corrected chi connectivity index (χ4v) is 4.95. The first-order valence-corrected chi connectivity index (χ1v) is 11.4. The van der Waals surface area contributed by atoms with E-state index in [4.69, 9.17) is 9.47 Å². The van der Waals surface area contributed by atoms with E-state index in [0.29, 0.717) is 23.6 Å². The molecule has 1 unspecified atom stereocenters. The SMILES string of the molecule is O=C(O)c1cccc(C=CC(=O)N2CCc3c([nH]c4ccccc34)C2c2ccc3c(c2)OCO3)c1. The fourth-order valence-electron chi connectivity index (χ4n) is 4.95. The number of aromatic carboxylic acids is 1. The molecule has 2 aliphatic heterocycles. The summed E-state index contributed by atoms with van der Waals surface area (Å²) in [5, 5.41) is 10.4. The van der Waals surface area contributed by atoms with Crippen LogP contribution in [0.4, 0.5) is 0 Å². The van der Waals surface area contributed by atoms with Crippen molar-refractivity contribution in [3.63, 3.8) is 0 Å². The molecule has 4 aromatic rings. The number of nitrogens with one attached hydrogen (secondary N) is 1. The van der Waals surface area contributed by atoms with Gasteiger partial charge < -0.3 is 24.5 Å². The number of ether oxygens (including phenoxy) is 2. The Bertz CT molecular complexity index is 1500. The largest absolute Gasteiger partial charge is 0.478 e. The number of aromatic nitrogens is 1. The number of nitrogens with zero attached hydrogens (tertiary/aromatic N) is 1. The maximum atomic E-state index is 13.5. The summed E-state index contributed by atoms with van der Waals surface area (Å²) < 4.78 is 11.1. The van der Waals surface area contributed by atoms with Crippen LogP contribution in [-0.2, 0) is 11.2 Å². The van der Waals surface area contributed by atoms with Crippen molar-refractivity contribution >= 4 is 28.9 Å². The number of fused-ring (bicyclic) bond motifs is 4. The van der Waals surface area contributed by atoms with Gasteiger partial charge in [0.15, 0.2) is 11.5 Å². The van der Waals surface area contributed by atoms with Gasteiger partial charge >= 0.3 is 5.97 Å². The van der Waals surface area contributed by atoms with Gasteiger partial charge in [0.2, 0.25) is 12.7 Å². The highest BCUT2D eigenvalue weighted by Crippen LogP contribution is 2.42. The molecule has 6 rings (SSSR count). The molecule has 3 heterocycles. The molecule has 3 aromatic carbocycles. The van der Waals surface area contributed by atoms with Crippen molar-refractivity contribution in [2.24, 2.45) is 0 Å². The van der Waals surface area contributed by atoms with Gasteiger partial charge in [0.05, 0.1) is 11.6 Å². The van der Waals surface area contributed by atoms with Crippen molar-refractivity contribution in [1.82, 2.24) is 9.88 Å². The zero-order chi connectivity index (χ0) is 23.9. The molecule has 0 radical (unpaired) electrons. The lowest BCUT2D eigenvalue weighted by Crippen LogP contribution is -2.39. The third kappa shape index (κ3) is 3.71. The van der Waals surface area contributed by atoms with Crippen LogP contribution in [0.5, 0.6) is 11.5 Å². The van der Waals surface area contributed by atoms with E-state index in [1.165, 1.54) is 23.1 Å². The van der Waals surface area contributed by atoms with Crippen LogP contribution in [0.2, 0.25) is 0 Å². The third-order valence-corrected chi connectivity index (χ3v) is 6.58. The predicted octanol–water partition coefficient (Wildman–Crippen LogP) is 4.78. The van der Waals surface area contributed by atoms with Crippen LogP contribution in [0, 0.1) is 0 Å². The average Bonchev–Trinajstić information content (AvgIpc) is 3.50. The number of carboxylic acids is 1. The average molecular weight is 466 g/mol. The highest BCUT2D eigenvalue weighted by molar-refractivity contribution is 5.94. The van der Waals surface area contributed by atoms with E-state index in [-0.39, 0.29) is 24.3 Å². The van der Waals surface area contributed by atoms with Crippen LogP contribution < -0.4 is 9.47 Å². The molecule has 0 fully saturated rings. The first-order chi connectivity index (χ1) is 17.1. The third-order valence-electron chi connectivity index (χ3n) is 6.58. The number of aromatic amines is 1. The monoisotopic (exact) mass is 466 g/mol. The number of para-hydroxylation sites is 1. The predicted molar refractivity (Wildman–Crippen MR) is 131 cm³/mol. The number of amides is 1. The summed E-state index contributed by atoms with van der Waals surface area (Å²) in [7, 11) is 0. The molecule has 1 amide bonds. The van der Waals surface area contributed by atoms with Gasteiger partial charge in [-0.3, -0.25) is 4.79 Å². The van der Waals surface area contributed by atoms with Crippen LogP contribution in [0.1, 0.15) is 38.8 Å². The maximum Gasteiger partial charge on any atom is 0.335 e. The summed E-state index contributed by atoms with van der Waals surface area (Å²) in [6, 6.07) is 20.2. The molecule has 7 nitrogen and oxygen atoms in total. The van der Waals surface area contributed by atoms with Crippen LogP contribution in [0.15, 0.2) is 72.8 Å². The zero-order valence-electron chi connectivity index (χ0n) is 18.7. The van der Waals surface area contributed by atoms with Gasteiger partial charge in [-0.05, 0) is 59.5 Å². The molecule has 174 valence electrons. The van der Waals surface area contributed by atoms with Crippen LogP contribution in [0.3, 0.4) is 0 Å². The normalized spacial score (nSPS) is 16.6. The molecule has 0 spiro atoms. The van der Waals surface area contributed by atoms with Crippen LogP contribution >= 0.6 is 0 Å². The lowest BCUT2D eigenvalue weighted by molar-refractivity contribution is -0.128. The second-order valence-corrected chi connectivity index (χ2v) is 8.62. The number of carbonyl (C=O) groups excluding carboxylic acids is 1. The minimum Gasteiger partial charge on any atom is -0.478 e. The van der Waals surface area contributed by atoms with Gasteiger partial charge in [0, 0.05) is 29.2 Å². The minimum absolute atomic E-state index is 0.155. The van der Waals surface area contributed by atoms with Crippen molar-refractivity contribution in [3.05, 3.63) is 101 Å². The molecule has 0 bridgehead atoms. The summed E-state index contributed by atoms with van der Waals surface area (Å²) in [5.41, 5.74) is 5.01. The van der Waals surface area contributed by atoms with Crippen molar-refractivity contribution in [2.75, 3.05) is 13.3 Å². The Hall–Kier alpha value is -4.52. The van der Waals surface area contributed by atoms with Gasteiger partial charge in [-0.1, -0.05) is 36.4 Å². The Kier molecular flexibility index (Phi) is 5.03. The molecule has 0 aliphatic carbocycles. The Morgan fingerprint density at radius 1 is 1.00 bits per heavy atom. The van der Waals surface area contributed by atoms with Gasteiger partial charge in [-0.25, -0.2) is 4.79 Å². The number of carboxylic acid groups (broad SMARTS) is 1. The maximum absolute atomic E-state index is 13.5. The van der Waals surface area contributed by atoms with E-state index in [1.54, 1.807) is 24.3 Å². The quantitative estimate of drug-likeness (QED) is 0.422. The van der Waals surface area contributed by atoms with Crippen molar-refractivity contribution in [2.45, 2.75) is 12.5 Å². The molecular weight excluding hydrogens is 444 g/mol. The number of H-pyrrole nitrogens is 1. The molecule has 2 aliphatic rings. The zero-order valence-corrected chi connectivity index (χ0v) is 18.7. The van der Waals surface area contributed by atoms with Crippen molar-refractivity contribution < 1.29 is 24.2 Å². The molecule has 7 heteroatoms. The lowest BCUT2D eigenvalue weighted by Gasteiger charge is -2.35. The first kappa shape index (κ1) is 21.0. The minimum atomic E-state index is -1.00. The summed E-state index contributed by atoms with van der Waals surface area (Å²) in [6.07, 6.45) is 3.90. The molecule has 1 aromatic heterocycles. The molecule has 0 saturated carbocycles. The van der Waals surface area contributed by atoms with Gasteiger partial charge in [0.25, 0.3) is 0 Å². The molecule has 0 saturated heterocycles. The smallest absolute Gasteiger partial charge is 0.335 e. The van der Waals surface area contributed by atoms with Gasteiger partial charge in [-0.15, -0.1) is 0 Å². The highest BCUT2D eigenvalue weighted by Gasteiger charge is 2.34. The lowest BCUT2D eigenvalue weighted by atomic mass is 9.92. The van der Waals surface area contributed by atoms with Gasteiger partial charge in [-0.2, -0.15) is 0 Å². The molecule has 1 atom stereocenters. The molecule has 2 N–H and O–H groups in total. The summed E-state index contributed by atoms with van der Waals surface area (Å²) in [6.45, 7) is 0.730. The molecule has 35 heavy (non-hydrogen) atoms. The second kappa shape index (κ2) is 8.36. The van der Waals surface area contributed by atoms with E-state index < -0.39 is 5.97 Å². The van der Waals surface area contributed by atoms with E-state index in [9.17, 15) is 14.7 Å². The summed E-state index contributed by atoms with van der Waals surface area (Å²) >= 11 is 0. The van der Waals surface area contributed by atoms with E-state index >= 15 is 0 Å². The van der Waals surface area contributed by atoms with Crippen LogP contribution in [0.25, 0.3) is 17.0 Å². The highest BCUT2D eigenvalue weighted by atomic mass is 16.7. The summed E-state index contributed by atoms with van der Waals surface area (Å²) in [4.78, 5) is 30.2. The Balaban J connectivity index is 1.40. The van der Waals surface area contributed by atoms with E-state index in [0.717, 1.165) is 23.2 Å². The first-order valence-electron chi connectivity index (χ1n) is 11.4. The van der Waals surface area contributed by atoms with Gasteiger partial charge in [0.1, 0.15) is 0 Å². The Morgan fingerprint density at radius 3 is 2.74 bits per heavy atom. The van der Waals surface area contributed by atoms with Crippen LogP contribution in [-0.4, -0.2) is 40.2 Å². The van der Waals surface area contributed by atoms with Crippen molar-refractivity contribution in [3.8, 4) is 11.5 Å². The number of benzene rings is 3. The Labute approximate surface area is 201 Å². The number of hydrogen-bond acceptors (Lipinski definition) is 4. The topological polar surface area (TPSA) is 91.9 Å². The standard InChI is InChI=1S/C28H22N2O5/c31-25(11-8-17-4-3-5-19(14-17)28(32)33)30-13-12-21-20-6-1-2-7-22(20)29-26(21)27(30)18-9-10-23-24(15-18)35-16-34-23/h1-11,14-15,27,29H,12-13,16H2,(H,32,33). The number of carbonyl (C=O) groups is 2. The molecular formula is C28H22N2O5. The van der Waals surface area contributed by atoms with E-state index in [1.807, 2.05) is 41.3 Å². The summed E-state index contributed by atoms with van der Waals surface area (Å²) in [5.74, 6) is 0.200. The number of hydrogen-bond donors (Lipinski definition) is 2. The van der Waals surface area contributed by atoms with Crippen molar-refractivity contribution in [1.29, 1.82) is 0 Å².